The lowest BCUT2D eigenvalue weighted by molar-refractivity contribution is 0.601. The zero-order chi connectivity index (χ0) is 10.8. The highest BCUT2D eigenvalue weighted by Crippen LogP contribution is 2.19. The van der Waals surface area contributed by atoms with Crippen molar-refractivity contribution in [2.45, 2.75) is 6.54 Å². The van der Waals surface area contributed by atoms with Gasteiger partial charge in [-0.2, -0.15) is 0 Å². The van der Waals surface area contributed by atoms with Crippen LogP contribution in [0.3, 0.4) is 0 Å². The number of para-hydroxylation sites is 1. The molecule has 0 amide bonds. The van der Waals surface area contributed by atoms with Crippen LogP contribution in [0.25, 0.3) is 10.9 Å². The van der Waals surface area contributed by atoms with Gasteiger partial charge >= 0.3 is 0 Å². The van der Waals surface area contributed by atoms with Crippen LogP contribution >= 0.6 is 0 Å². The van der Waals surface area contributed by atoms with Crippen molar-refractivity contribution < 1.29 is 8.42 Å². The van der Waals surface area contributed by atoms with Gasteiger partial charge in [0.15, 0.2) is 0 Å². The van der Waals surface area contributed by atoms with Gasteiger partial charge in [-0.25, -0.2) is 13.1 Å². The van der Waals surface area contributed by atoms with Gasteiger partial charge in [0, 0.05) is 30.7 Å². The molecule has 0 aliphatic heterocycles. The Labute approximate surface area is 89.6 Å². The molecule has 0 radical (unpaired) electrons. The Kier molecular flexibility index (Phi) is 2.75. The average molecular weight is 224 g/mol. The molecule has 0 fully saturated rings. The maximum Gasteiger partial charge on any atom is 0.201 e. The molecule has 1 aromatic heterocycles. The number of rotatable bonds is 3. The SMILES string of the molecule is Cn1cc(CN[SH](=O)=O)c2ccccc21. The highest BCUT2D eigenvalue weighted by Gasteiger charge is 2.04. The van der Waals surface area contributed by atoms with E-state index in [1.807, 2.05) is 42.1 Å². The minimum Gasteiger partial charge on any atom is -0.350 e. The van der Waals surface area contributed by atoms with E-state index in [1.165, 1.54) is 0 Å². The number of benzene rings is 1. The lowest BCUT2D eigenvalue weighted by atomic mass is 10.2. The summed E-state index contributed by atoms with van der Waals surface area (Å²) in [5, 5.41) is 1.09. The minimum atomic E-state index is -2.53. The molecule has 2 aromatic rings. The first-order chi connectivity index (χ1) is 7.18. The van der Waals surface area contributed by atoms with E-state index in [0.717, 1.165) is 16.5 Å². The molecule has 4 nitrogen and oxygen atoms in total. The van der Waals surface area contributed by atoms with Crippen LogP contribution in [-0.4, -0.2) is 13.0 Å². The van der Waals surface area contributed by atoms with Crippen molar-refractivity contribution in [1.29, 1.82) is 0 Å². The highest BCUT2D eigenvalue weighted by molar-refractivity contribution is 7.70. The van der Waals surface area contributed by atoms with Crippen LogP contribution in [0.5, 0.6) is 0 Å². The lowest BCUT2D eigenvalue weighted by Crippen LogP contribution is -2.09. The average Bonchev–Trinajstić information content (AvgIpc) is 2.54. The Balaban J connectivity index is 2.43. The van der Waals surface area contributed by atoms with Crippen molar-refractivity contribution in [3.8, 4) is 0 Å². The number of fused-ring (bicyclic) bond motifs is 1. The zero-order valence-electron chi connectivity index (χ0n) is 8.30. The van der Waals surface area contributed by atoms with E-state index in [9.17, 15) is 8.42 Å². The number of aromatic nitrogens is 1. The quantitative estimate of drug-likeness (QED) is 0.757. The van der Waals surface area contributed by atoms with E-state index in [-0.39, 0.29) is 0 Å². The van der Waals surface area contributed by atoms with Crippen molar-refractivity contribution >= 4 is 21.8 Å². The summed E-state index contributed by atoms with van der Waals surface area (Å²) in [7, 11) is -0.582. The monoisotopic (exact) mass is 224 g/mol. The predicted octanol–water partition coefficient (Wildman–Crippen LogP) is 0.794. The van der Waals surface area contributed by atoms with Crippen LogP contribution in [0.15, 0.2) is 30.5 Å². The molecule has 0 unspecified atom stereocenters. The third-order valence-electron chi connectivity index (χ3n) is 2.38. The topological polar surface area (TPSA) is 51.1 Å². The van der Waals surface area contributed by atoms with E-state index < -0.39 is 10.9 Å². The molecular weight excluding hydrogens is 212 g/mol. The summed E-state index contributed by atoms with van der Waals surface area (Å²) in [6, 6.07) is 7.91. The van der Waals surface area contributed by atoms with Gasteiger partial charge in [0.1, 0.15) is 0 Å². The summed E-state index contributed by atoms with van der Waals surface area (Å²) in [5.74, 6) is 0. The second-order valence-electron chi connectivity index (χ2n) is 3.37. The van der Waals surface area contributed by atoms with Crippen molar-refractivity contribution in [3.05, 3.63) is 36.0 Å². The molecule has 0 saturated carbocycles. The molecule has 5 heteroatoms. The maximum atomic E-state index is 10.4. The fraction of sp³-hybridized carbons (Fsp3) is 0.200. The van der Waals surface area contributed by atoms with Crippen molar-refractivity contribution in [1.82, 2.24) is 9.29 Å². The van der Waals surface area contributed by atoms with E-state index >= 15 is 0 Å². The molecule has 0 spiro atoms. The number of hydrogen-bond acceptors (Lipinski definition) is 2. The number of nitrogens with zero attached hydrogens (tertiary/aromatic N) is 1. The third kappa shape index (κ3) is 2.03. The summed E-state index contributed by atoms with van der Waals surface area (Å²) in [4.78, 5) is 0. The van der Waals surface area contributed by atoms with Gasteiger partial charge in [-0.1, -0.05) is 18.2 Å². The van der Waals surface area contributed by atoms with Crippen molar-refractivity contribution in [3.63, 3.8) is 0 Å². The van der Waals surface area contributed by atoms with E-state index in [1.54, 1.807) is 0 Å². The minimum absolute atomic E-state index is 0.347. The normalized spacial score (nSPS) is 11.3. The van der Waals surface area contributed by atoms with Crippen LogP contribution in [0, 0.1) is 0 Å². The van der Waals surface area contributed by atoms with Gasteiger partial charge in [-0.05, 0) is 11.6 Å². The molecule has 1 N–H and O–H groups in total. The van der Waals surface area contributed by atoms with E-state index in [0.29, 0.717) is 6.54 Å². The van der Waals surface area contributed by atoms with E-state index in [4.69, 9.17) is 0 Å². The highest BCUT2D eigenvalue weighted by atomic mass is 32.2. The predicted molar refractivity (Wildman–Crippen MR) is 60.1 cm³/mol. The number of thiol groups is 1. The zero-order valence-corrected chi connectivity index (χ0v) is 9.20. The molecule has 15 heavy (non-hydrogen) atoms. The largest absolute Gasteiger partial charge is 0.350 e. The van der Waals surface area contributed by atoms with Crippen LogP contribution in [0.2, 0.25) is 0 Å². The molecule has 0 saturated heterocycles. The fourth-order valence-electron chi connectivity index (χ4n) is 1.72. The van der Waals surface area contributed by atoms with Crippen LogP contribution in [0.1, 0.15) is 5.56 Å². The first-order valence-corrected chi connectivity index (χ1v) is 5.77. The van der Waals surface area contributed by atoms with Crippen LogP contribution < -0.4 is 4.72 Å². The number of hydrogen-bond donors (Lipinski definition) is 2. The molecule has 0 aliphatic carbocycles. The first kappa shape index (κ1) is 10.2. The third-order valence-corrected chi connectivity index (χ3v) is 2.79. The van der Waals surface area contributed by atoms with E-state index in [2.05, 4.69) is 4.72 Å². The Bertz CT molecular complexity index is 550. The summed E-state index contributed by atoms with van der Waals surface area (Å²) in [5.41, 5.74) is 2.10. The van der Waals surface area contributed by atoms with Gasteiger partial charge in [-0.3, -0.25) is 0 Å². The van der Waals surface area contributed by atoms with Gasteiger partial charge in [0.25, 0.3) is 0 Å². The first-order valence-electron chi connectivity index (χ1n) is 4.59. The Morgan fingerprint density at radius 1 is 1.33 bits per heavy atom. The molecule has 2 rings (SSSR count). The van der Waals surface area contributed by atoms with Gasteiger partial charge in [0.05, 0.1) is 0 Å². The molecule has 80 valence electrons. The molecule has 0 aliphatic rings. The molecule has 0 atom stereocenters. The Hall–Kier alpha value is -1.33. The summed E-state index contributed by atoms with van der Waals surface area (Å²) >= 11 is 0. The second kappa shape index (κ2) is 4.04. The fourth-order valence-corrected chi connectivity index (χ4v) is 2.02. The van der Waals surface area contributed by atoms with Gasteiger partial charge in [-0.15, -0.1) is 0 Å². The standard InChI is InChI=1S/C10H12N2O2S/c1-12-7-8(6-11-15(13)14)9-4-2-3-5-10(9)12/h2-5,7,15H,6H2,1H3,(H,11,13,14). The Morgan fingerprint density at radius 3 is 2.80 bits per heavy atom. The second-order valence-corrected chi connectivity index (χ2v) is 4.20. The molecule has 1 heterocycles. The summed E-state index contributed by atoms with van der Waals surface area (Å²) < 4.78 is 25.3. The summed E-state index contributed by atoms with van der Waals surface area (Å²) in [6.07, 6.45) is 1.94. The maximum absolute atomic E-state index is 10.4. The molecule has 0 bridgehead atoms. The summed E-state index contributed by atoms with van der Waals surface area (Å²) in [6.45, 7) is 0.347. The molecular formula is C10H12N2O2S. The van der Waals surface area contributed by atoms with Crippen LogP contribution in [-0.2, 0) is 24.5 Å². The van der Waals surface area contributed by atoms with Gasteiger partial charge < -0.3 is 4.57 Å². The van der Waals surface area contributed by atoms with Gasteiger partial charge in [0.2, 0.25) is 10.9 Å². The molecule has 1 aromatic carbocycles. The Morgan fingerprint density at radius 2 is 2.07 bits per heavy atom. The number of nitrogens with one attached hydrogen (secondary N) is 1. The van der Waals surface area contributed by atoms with Crippen LogP contribution in [0.4, 0.5) is 0 Å². The van der Waals surface area contributed by atoms with Crippen molar-refractivity contribution in [2.24, 2.45) is 7.05 Å². The number of aryl methyl sites for hydroxylation is 1. The lowest BCUT2D eigenvalue weighted by Gasteiger charge is -1.95. The smallest absolute Gasteiger partial charge is 0.201 e. The van der Waals surface area contributed by atoms with Crippen molar-refractivity contribution in [2.75, 3.05) is 0 Å².